The zero-order valence-corrected chi connectivity index (χ0v) is 9.41. The molecule has 0 aliphatic carbocycles. The van der Waals surface area contributed by atoms with Crippen LogP contribution in [0, 0.1) is 6.92 Å². The fourth-order valence-corrected chi connectivity index (χ4v) is 1.53. The molecule has 0 atom stereocenters. The van der Waals surface area contributed by atoms with E-state index in [0.29, 0.717) is 5.56 Å². The molecule has 5 heteroatoms. The average Bonchev–Trinajstić information content (AvgIpc) is 2.17. The lowest BCUT2D eigenvalue weighted by atomic mass is 10.1. The van der Waals surface area contributed by atoms with Gasteiger partial charge in [-0.05, 0) is 25.5 Å². The molecule has 1 amide bonds. The Morgan fingerprint density at radius 1 is 1.33 bits per heavy atom. The van der Waals surface area contributed by atoms with Crippen LogP contribution in [0.3, 0.4) is 0 Å². The monoisotopic (exact) mass is 226 g/mol. The van der Waals surface area contributed by atoms with Crippen molar-refractivity contribution in [1.82, 2.24) is 4.72 Å². The quantitative estimate of drug-likeness (QED) is 0.774. The van der Waals surface area contributed by atoms with Crippen molar-refractivity contribution in [3.05, 3.63) is 35.4 Å². The molecular weight excluding hydrogens is 214 g/mol. The summed E-state index contributed by atoms with van der Waals surface area (Å²) in [5.41, 5.74) is 1.05. The summed E-state index contributed by atoms with van der Waals surface area (Å²) < 4.78 is 25.4. The van der Waals surface area contributed by atoms with Crippen LogP contribution in [0.2, 0.25) is 0 Å². The minimum absolute atomic E-state index is 0.162. The Morgan fingerprint density at radius 3 is 2.47 bits per heavy atom. The number of amides is 1. The molecule has 0 saturated carbocycles. The molecule has 0 aliphatic rings. The maximum Gasteiger partial charge on any atom is 0.288 e. The fourth-order valence-electron chi connectivity index (χ4n) is 1.05. The van der Waals surface area contributed by atoms with Gasteiger partial charge in [0.05, 0.1) is 5.75 Å². The summed E-state index contributed by atoms with van der Waals surface area (Å²) in [6, 6.07) is 6.75. The fraction of sp³-hybridized carbons (Fsp3) is 0.300. The van der Waals surface area contributed by atoms with Crippen LogP contribution >= 0.6 is 0 Å². The maximum absolute atomic E-state index is 11.5. The van der Waals surface area contributed by atoms with Gasteiger partial charge in [-0.15, -0.1) is 4.72 Å². The van der Waals surface area contributed by atoms with Crippen LogP contribution in [0.25, 0.3) is 0 Å². The molecule has 0 saturated heterocycles. The molecule has 1 aromatic carbocycles. The van der Waals surface area contributed by atoms with Gasteiger partial charge in [0, 0.05) is 5.56 Å². The number of carbonyl (C=O) groups excluding carboxylic acids is 1. The van der Waals surface area contributed by atoms with Crippen LogP contribution in [-0.4, -0.2) is 20.1 Å². The zero-order chi connectivity index (χ0) is 11.5. The van der Waals surface area contributed by atoms with Crippen molar-refractivity contribution in [2.24, 2.45) is 0 Å². The minimum atomic E-state index is -3.61. The first kappa shape index (κ1) is 11.7. The minimum Gasteiger partial charge on any atom is -0.266 e. The Bertz CT molecular complexity index is 465. The molecule has 4 nitrogen and oxygen atoms in total. The smallest absolute Gasteiger partial charge is 0.266 e. The highest BCUT2D eigenvalue weighted by Crippen LogP contribution is 2.07. The normalized spacial score (nSPS) is 11.1. The summed E-state index contributed by atoms with van der Waals surface area (Å²) in [7, 11) is -3.61. The van der Waals surface area contributed by atoms with Gasteiger partial charge < -0.3 is 0 Å². The summed E-state index contributed by atoms with van der Waals surface area (Å²) >= 11 is 0. The molecule has 0 aliphatic heterocycles. The molecule has 81 valence electrons. The van der Waals surface area contributed by atoms with Gasteiger partial charge in [-0.1, -0.05) is 18.2 Å². The topological polar surface area (TPSA) is 65.3 Å². The number of sulfonamides is 1. The van der Waals surface area contributed by atoms with Crippen molar-refractivity contribution in [2.45, 2.75) is 13.8 Å². The predicted molar refractivity (Wildman–Crippen MR) is 57.1 cm³/mol. The van der Waals surface area contributed by atoms with Crippen molar-refractivity contribution >= 4 is 15.9 Å². The van der Waals surface area contributed by atoms with E-state index in [1.54, 1.807) is 31.2 Å². The van der Waals surface area contributed by atoms with E-state index in [0.717, 1.165) is 5.56 Å². The Morgan fingerprint density at radius 2 is 1.93 bits per heavy atom. The molecule has 0 spiro atoms. The third-order valence-corrected chi connectivity index (χ3v) is 3.14. The van der Waals surface area contributed by atoms with Gasteiger partial charge in [-0.2, -0.15) is 0 Å². The number of hydrogen-bond donors (Lipinski definition) is 0. The SMILES string of the molecule is CCS(=O)(=O)[N]C(=O)c1ccccc1C. The second-order valence-corrected chi connectivity index (χ2v) is 5.01. The maximum atomic E-state index is 11.5. The molecule has 0 aromatic heterocycles. The van der Waals surface area contributed by atoms with Crippen molar-refractivity contribution in [2.75, 3.05) is 5.75 Å². The lowest BCUT2D eigenvalue weighted by Gasteiger charge is -2.03. The molecular formula is C10H12NO3S. The number of rotatable bonds is 3. The van der Waals surface area contributed by atoms with E-state index >= 15 is 0 Å². The van der Waals surface area contributed by atoms with Crippen molar-refractivity contribution in [1.29, 1.82) is 0 Å². The molecule has 1 radical (unpaired) electrons. The average molecular weight is 226 g/mol. The van der Waals surface area contributed by atoms with Gasteiger partial charge in [-0.25, -0.2) is 8.42 Å². The van der Waals surface area contributed by atoms with Crippen LogP contribution in [-0.2, 0) is 10.0 Å². The highest BCUT2D eigenvalue weighted by Gasteiger charge is 2.17. The summed E-state index contributed by atoms with van der Waals surface area (Å²) in [6.45, 7) is 3.19. The summed E-state index contributed by atoms with van der Waals surface area (Å²) in [4.78, 5) is 11.5. The Kier molecular flexibility index (Phi) is 3.47. The van der Waals surface area contributed by atoms with Gasteiger partial charge in [0.15, 0.2) is 0 Å². The lowest BCUT2D eigenvalue weighted by Crippen LogP contribution is -2.25. The van der Waals surface area contributed by atoms with Gasteiger partial charge >= 0.3 is 0 Å². The van der Waals surface area contributed by atoms with Crippen LogP contribution in [0.5, 0.6) is 0 Å². The predicted octanol–water partition coefficient (Wildman–Crippen LogP) is 1.09. The summed E-state index contributed by atoms with van der Waals surface area (Å²) in [6.07, 6.45) is 0. The first-order chi connectivity index (χ1) is 6.96. The van der Waals surface area contributed by atoms with E-state index < -0.39 is 15.9 Å². The van der Waals surface area contributed by atoms with E-state index in [1.165, 1.54) is 6.92 Å². The Labute approximate surface area is 89.4 Å². The van der Waals surface area contributed by atoms with Crippen molar-refractivity contribution in [3.8, 4) is 0 Å². The van der Waals surface area contributed by atoms with E-state index in [2.05, 4.69) is 4.72 Å². The second kappa shape index (κ2) is 4.44. The first-order valence-corrected chi connectivity index (χ1v) is 6.13. The van der Waals surface area contributed by atoms with Gasteiger partial charge in [0.25, 0.3) is 15.9 Å². The summed E-state index contributed by atoms with van der Waals surface area (Å²) in [5, 5.41) is 0. The molecule has 15 heavy (non-hydrogen) atoms. The van der Waals surface area contributed by atoms with Gasteiger partial charge in [0.2, 0.25) is 0 Å². The highest BCUT2D eigenvalue weighted by molar-refractivity contribution is 7.89. The van der Waals surface area contributed by atoms with E-state index in [4.69, 9.17) is 0 Å². The number of nitrogens with zero attached hydrogens (tertiary/aromatic N) is 1. The molecule has 1 aromatic rings. The number of hydrogen-bond acceptors (Lipinski definition) is 3. The first-order valence-electron chi connectivity index (χ1n) is 4.52. The molecule has 0 fully saturated rings. The van der Waals surface area contributed by atoms with Crippen LogP contribution in [0.1, 0.15) is 22.8 Å². The summed E-state index contributed by atoms with van der Waals surface area (Å²) in [5.74, 6) is -0.861. The molecule has 0 bridgehead atoms. The van der Waals surface area contributed by atoms with E-state index in [1.807, 2.05) is 0 Å². The van der Waals surface area contributed by atoms with Gasteiger partial charge in [-0.3, -0.25) is 4.79 Å². The second-order valence-electron chi connectivity index (χ2n) is 3.08. The zero-order valence-electron chi connectivity index (χ0n) is 8.60. The van der Waals surface area contributed by atoms with E-state index in [9.17, 15) is 13.2 Å². The van der Waals surface area contributed by atoms with Crippen LogP contribution < -0.4 is 4.72 Å². The largest absolute Gasteiger partial charge is 0.288 e. The molecule has 1 rings (SSSR count). The van der Waals surface area contributed by atoms with Crippen LogP contribution in [0.15, 0.2) is 24.3 Å². The third-order valence-electron chi connectivity index (χ3n) is 1.96. The highest BCUT2D eigenvalue weighted by atomic mass is 32.2. The lowest BCUT2D eigenvalue weighted by molar-refractivity contribution is 0.0977. The Balaban J connectivity index is 2.93. The number of benzene rings is 1. The Hall–Kier alpha value is -1.36. The third kappa shape index (κ3) is 3.06. The van der Waals surface area contributed by atoms with Gasteiger partial charge in [0.1, 0.15) is 0 Å². The molecule has 0 heterocycles. The van der Waals surface area contributed by atoms with Crippen molar-refractivity contribution < 1.29 is 13.2 Å². The van der Waals surface area contributed by atoms with Crippen LogP contribution in [0.4, 0.5) is 0 Å². The molecule has 0 N–H and O–H groups in total. The number of aryl methyl sites for hydroxylation is 1. The van der Waals surface area contributed by atoms with E-state index in [-0.39, 0.29) is 5.75 Å². The molecule has 0 unspecified atom stereocenters. The number of carbonyl (C=O) groups is 1. The van der Waals surface area contributed by atoms with Crippen molar-refractivity contribution in [3.63, 3.8) is 0 Å². The standard InChI is InChI=1S/C10H12NO3S/c1-3-15(13,14)11-10(12)9-7-5-4-6-8(9)2/h4-7H,3H2,1-2H3.